The van der Waals surface area contributed by atoms with Crippen LogP contribution in [0.15, 0.2) is 188 Å². The molecule has 8 aromatic carbocycles. The van der Waals surface area contributed by atoms with Crippen LogP contribution in [0.2, 0.25) is 0 Å². The molecule has 0 aliphatic heterocycles. The first-order valence-electron chi connectivity index (χ1n) is 18.4. The second kappa shape index (κ2) is 12.0. The normalized spacial score (nSPS) is 17.0. The molecule has 2 unspecified atom stereocenters. The molecule has 0 saturated carbocycles. The fourth-order valence-electron chi connectivity index (χ4n) is 9.19. The molecule has 0 bridgehead atoms. The summed E-state index contributed by atoms with van der Waals surface area (Å²) >= 11 is 0. The summed E-state index contributed by atoms with van der Waals surface area (Å²) in [4.78, 5) is 2.51. The molecule has 0 radical (unpaired) electrons. The molecule has 10 rings (SSSR count). The Morgan fingerprint density at radius 1 is 0.481 bits per heavy atom. The summed E-state index contributed by atoms with van der Waals surface area (Å²) in [7, 11) is 0. The molecule has 0 aromatic heterocycles. The molecule has 1 nitrogen and oxygen atoms in total. The van der Waals surface area contributed by atoms with Crippen LogP contribution in [-0.2, 0) is 5.41 Å². The van der Waals surface area contributed by atoms with Gasteiger partial charge in [0.1, 0.15) is 0 Å². The lowest BCUT2D eigenvalue weighted by Gasteiger charge is -2.31. The van der Waals surface area contributed by atoms with Crippen LogP contribution in [0.3, 0.4) is 0 Å². The number of anilines is 3. The largest absolute Gasteiger partial charge is 0.310 e. The summed E-state index contributed by atoms with van der Waals surface area (Å²) in [6.07, 6.45) is 9.25. The van der Waals surface area contributed by atoms with E-state index >= 15 is 0 Å². The lowest BCUT2D eigenvalue weighted by Crippen LogP contribution is -2.24. The van der Waals surface area contributed by atoms with Crippen molar-refractivity contribution in [3.05, 3.63) is 199 Å². The maximum atomic E-state index is 2.51. The van der Waals surface area contributed by atoms with E-state index < -0.39 is 0 Å². The predicted octanol–water partition coefficient (Wildman–Crippen LogP) is 14.1. The van der Waals surface area contributed by atoms with E-state index in [4.69, 9.17) is 0 Å². The van der Waals surface area contributed by atoms with Crippen molar-refractivity contribution >= 4 is 49.4 Å². The summed E-state index contributed by atoms with van der Waals surface area (Å²) in [5.41, 5.74) is 11.2. The zero-order chi connectivity index (χ0) is 34.8. The quantitative estimate of drug-likeness (QED) is 0.165. The van der Waals surface area contributed by atoms with Crippen molar-refractivity contribution in [1.29, 1.82) is 0 Å². The average molecular weight is 666 g/mol. The third-order valence-electron chi connectivity index (χ3n) is 11.7. The van der Waals surface area contributed by atoms with Gasteiger partial charge in [-0.25, -0.2) is 0 Å². The van der Waals surface area contributed by atoms with Gasteiger partial charge in [-0.05, 0) is 108 Å². The Hall–Kier alpha value is -6.18. The number of benzene rings is 8. The highest BCUT2D eigenvalue weighted by atomic mass is 15.1. The summed E-state index contributed by atoms with van der Waals surface area (Å²) in [5.74, 6) is 0.851. The molecule has 0 N–H and O–H groups in total. The Morgan fingerprint density at radius 2 is 1.15 bits per heavy atom. The number of fused-ring (bicyclic) bond motifs is 7. The van der Waals surface area contributed by atoms with Gasteiger partial charge >= 0.3 is 0 Å². The van der Waals surface area contributed by atoms with Gasteiger partial charge in [0.05, 0.1) is 5.69 Å². The van der Waals surface area contributed by atoms with Crippen molar-refractivity contribution in [1.82, 2.24) is 0 Å². The average Bonchev–Trinajstić information content (AvgIpc) is 3.43. The van der Waals surface area contributed by atoms with Crippen LogP contribution in [0.5, 0.6) is 0 Å². The van der Waals surface area contributed by atoms with Gasteiger partial charge in [-0.2, -0.15) is 0 Å². The molecule has 2 aliphatic carbocycles. The number of allylic oxidation sites excluding steroid dienone is 4. The first-order chi connectivity index (χ1) is 25.6. The Labute approximate surface area is 305 Å². The van der Waals surface area contributed by atoms with E-state index in [1.54, 1.807) is 0 Å². The lowest BCUT2D eigenvalue weighted by molar-refractivity contribution is 0.394. The summed E-state index contributed by atoms with van der Waals surface area (Å²) in [5, 5.41) is 7.57. The minimum atomic E-state index is 0.000440. The molecule has 248 valence electrons. The van der Waals surface area contributed by atoms with Gasteiger partial charge in [-0.15, -0.1) is 0 Å². The van der Waals surface area contributed by atoms with Crippen molar-refractivity contribution in [2.75, 3.05) is 4.90 Å². The number of nitrogens with zero attached hydrogens (tertiary/aromatic N) is 1. The third kappa shape index (κ3) is 4.77. The fraction of sp³-hybridized carbons (Fsp3) is 0.0980. The molecule has 8 aromatic rings. The molecular formula is C51H39N. The van der Waals surface area contributed by atoms with Crippen LogP contribution in [0.4, 0.5) is 17.1 Å². The molecule has 0 fully saturated rings. The van der Waals surface area contributed by atoms with Crippen molar-refractivity contribution in [2.24, 2.45) is 5.92 Å². The summed E-state index contributed by atoms with van der Waals surface area (Å²) < 4.78 is 0. The highest BCUT2D eigenvalue weighted by molar-refractivity contribution is 6.14. The van der Waals surface area contributed by atoms with Crippen LogP contribution in [0.25, 0.3) is 54.6 Å². The maximum absolute atomic E-state index is 2.51. The number of hydrogen-bond acceptors (Lipinski definition) is 1. The minimum absolute atomic E-state index is 0.000440. The monoisotopic (exact) mass is 665 g/mol. The molecule has 0 saturated heterocycles. The number of hydrogen-bond donors (Lipinski definition) is 0. The van der Waals surface area contributed by atoms with Crippen molar-refractivity contribution in [3.63, 3.8) is 0 Å². The summed E-state index contributed by atoms with van der Waals surface area (Å²) in [6, 6.07) is 60.7. The fourth-order valence-corrected chi connectivity index (χ4v) is 9.19. The first kappa shape index (κ1) is 30.6. The Balaban J connectivity index is 1.24. The Bertz CT molecular complexity index is 2730. The smallest absolute Gasteiger partial charge is 0.0546 e. The van der Waals surface area contributed by atoms with Gasteiger partial charge in [-0.3, -0.25) is 0 Å². The van der Waals surface area contributed by atoms with Crippen LogP contribution in [0.1, 0.15) is 30.9 Å². The standard InChI is InChI=1S/C51H39N/c1-51(2)47-26-13-12-25-44(47)45-29-28-39(33-48(45)51)52(49-30-27-34-15-6-9-22-41(34)50(49)35-16-4-3-5-17-35)38-20-14-19-36(31-38)46-32-37-18-7-8-21-40(37)42-23-10-11-24-43(42)46/h3-33,44,47H,1-2H3. The van der Waals surface area contributed by atoms with E-state index in [0.717, 1.165) is 5.69 Å². The zero-order valence-corrected chi connectivity index (χ0v) is 29.5. The molecule has 2 atom stereocenters. The second-order valence-electron chi connectivity index (χ2n) is 14.9. The van der Waals surface area contributed by atoms with Gasteiger partial charge in [0.15, 0.2) is 0 Å². The highest BCUT2D eigenvalue weighted by Gasteiger charge is 2.44. The maximum Gasteiger partial charge on any atom is 0.0546 e. The minimum Gasteiger partial charge on any atom is -0.310 e. The van der Waals surface area contributed by atoms with E-state index in [2.05, 4.69) is 207 Å². The zero-order valence-electron chi connectivity index (χ0n) is 29.5. The highest BCUT2D eigenvalue weighted by Crippen LogP contribution is 2.55. The molecule has 2 aliphatic rings. The van der Waals surface area contributed by atoms with Crippen molar-refractivity contribution < 1.29 is 0 Å². The van der Waals surface area contributed by atoms with E-state index in [1.165, 1.54) is 77.1 Å². The Kier molecular flexibility index (Phi) is 7.05. The van der Waals surface area contributed by atoms with Gasteiger partial charge < -0.3 is 4.90 Å². The summed E-state index contributed by atoms with van der Waals surface area (Å²) in [6.45, 7) is 4.84. The predicted molar refractivity (Wildman–Crippen MR) is 222 cm³/mol. The topological polar surface area (TPSA) is 3.24 Å². The van der Waals surface area contributed by atoms with Crippen molar-refractivity contribution in [3.8, 4) is 22.3 Å². The van der Waals surface area contributed by atoms with Gasteiger partial charge in [-0.1, -0.05) is 166 Å². The molecule has 0 heterocycles. The van der Waals surface area contributed by atoms with E-state index in [1.807, 2.05) is 0 Å². The van der Waals surface area contributed by atoms with Crippen LogP contribution in [0, 0.1) is 5.92 Å². The first-order valence-corrected chi connectivity index (χ1v) is 18.4. The molecule has 0 spiro atoms. The van der Waals surface area contributed by atoms with E-state index in [9.17, 15) is 0 Å². The second-order valence-corrected chi connectivity index (χ2v) is 14.9. The molecular weight excluding hydrogens is 627 g/mol. The molecule has 0 amide bonds. The Morgan fingerprint density at radius 3 is 2.00 bits per heavy atom. The van der Waals surface area contributed by atoms with Gasteiger partial charge in [0.2, 0.25) is 0 Å². The van der Waals surface area contributed by atoms with Gasteiger partial charge in [0.25, 0.3) is 0 Å². The van der Waals surface area contributed by atoms with Crippen LogP contribution in [-0.4, -0.2) is 0 Å². The van der Waals surface area contributed by atoms with E-state index in [0.29, 0.717) is 11.8 Å². The SMILES string of the molecule is CC1(C)c2cc(N(c3cccc(-c4cc5ccccc5c5ccccc45)c3)c3ccc4ccccc4c3-c3ccccc3)ccc2C2C=CC=CC21. The number of rotatable bonds is 5. The van der Waals surface area contributed by atoms with Crippen LogP contribution >= 0.6 is 0 Å². The molecule has 52 heavy (non-hydrogen) atoms. The van der Waals surface area contributed by atoms with Crippen LogP contribution < -0.4 is 4.90 Å². The molecule has 1 heteroatoms. The third-order valence-corrected chi connectivity index (χ3v) is 11.7. The van der Waals surface area contributed by atoms with Gasteiger partial charge in [0, 0.05) is 22.9 Å². The lowest BCUT2D eigenvalue weighted by atomic mass is 9.74. The van der Waals surface area contributed by atoms with Crippen molar-refractivity contribution in [2.45, 2.75) is 25.2 Å². The van der Waals surface area contributed by atoms with E-state index in [-0.39, 0.29) is 5.41 Å².